The second-order valence-electron chi connectivity index (χ2n) is 16.6. The van der Waals surface area contributed by atoms with Crippen molar-refractivity contribution in [2.75, 3.05) is 0 Å². The summed E-state index contributed by atoms with van der Waals surface area (Å²) in [5.41, 5.74) is 0.201. The van der Waals surface area contributed by atoms with E-state index in [4.69, 9.17) is 28.4 Å². The minimum Gasteiger partial charge on any atom is -0.434 e. The Kier molecular flexibility index (Phi) is 13.2. The van der Waals surface area contributed by atoms with Gasteiger partial charge in [-0.1, -0.05) is 149 Å². The van der Waals surface area contributed by atoms with Crippen LogP contribution in [0.25, 0.3) is 0 Å². The molecule has 3 aromatic rings. The predicted molar refractivity (Wildman–Crippen MR) is 214 cm³/mol. The molecule has 306 valence electrons. The minimum atomic E-state index is -0.874. The number of rotatable bonds is 6. The summed E-state index contributed by atoms with van der Waals surface area (Å²) in [4.78, 5) is 37.4. The molecule has 9 heteroatoms. The summed E-state index contributed by atoms with van der Waals surface area (Å²) < 4.78 is 34.0. The molecule has 3 aliphatic carbocycles. The van der Waals surface area contributed by atoms with Crippen molar-refractivity contribution in [3.05, 3.63) is 108 Å². The highest BCUT2D eigenvalue weighted by atomic mass is 16.8. The van der Waals surface area contributed by atoms with Crippen LogP contribution in [0, 0.1) is 17.8 Å². The molecule has 0 radical (unpaired) electrons. The Morgan fingerprint density at radius 2 is 0.596 bits per heavy atom. The SMILES string of the molecule is CC1OC(=O)[C@@](c2ccccc2)(C2CCCCC2)O1.C[C@@H]1OC(=O)[C@@](c2ccccc2)(C2CCCCC2)O1.C[C@H]1OC(=O)[C@](c2ccccc2)(C2CCCCC2)O1. The Morgan fingerprint density at radius 3 is 0.789 bits per heavy atom. The van der Waals surface area contributed by atoms with Gasteiger partial charge in [-0.25, -0.2) is 14.4 Å². The molecule has 3 heterocycles. The number of esters is 3. The van der Waals surface area contributed by atoms with E-state index in [1.165, 1.54) is 57.8 Å². The molecular formula is C48H60O9. The molecular weight excluding hydrogens is 721 g/mol. The maximum atomic E-state index is 12.5. The highest BCUT2D eigenvalue weighted by Gasteiger charge is 2.58. The van der Waals surface area contributed by atoms with Gasteiger partial charge >= 0.3 is 17.9 Å². The van der Waals surface area contributed by atoms with Crippen LogP contribution in [-0.2, 0) is 59.6 Å². The number of cyclic esters (lactones) is 3. The van der Waals surface area contributed by atoms with E-state index in [1.807, 2.05) is 91.0 Å². The lowest BCUT2D eigenvalue weighted by molar-refractivity contribution is -0.150. The van der Waals surface area contributed by atoms with E-state index in [0.717, 1.165) is 55.2 Å². The van der Waals surface area contributed by atoms with Crippen molar-refractivity contribution in [2.24, 2.45) is 17.8 Å². The fourth-order valence-corrected chi connectivity index (χ4v) is 10.4. The molecule has 6 aliphatic rings. The van der Waals surface area contributed by atoms with Crippen LogP contribution in [0.3, 0.4) is 0 Å². The molecule has 0 N–H and O–H groups in total. The number of benzene rings is 3. The highest BCUT2D eigenvalue weighted by Crippen LogP contribution is 2.49. The van der Waals surface area contributed by atoms with Crippen molar-refractivity contribution < 1.29 is 42.8 Å². The van der Waals surface area contributed by atoms with Gasteiger partial charge in [-0.05, 0) is 76.0 Å². The van der Waals surface area contributed by atoms with Crippen LogP contribution in [0.2, 0.25) is 0 Å². The zero-order valence-corrected chi connectivity index (χ0v) is 33.9. The van der Waals surface area contributed by atoms with Crippen molar-refractivity contribution in [1.82, 2.24) is 0 Å². The Morgan fingerprint density at radius 1 is 0.368 bits per heavy atom. The van der Waals surface area contributed by atoms with Gasteiger partial charge in [-0.3, -0.25) is 0 Å². The maximum absolute atomic E-state index is 12.5. The smallest absolute Gasteiger partial charge is 0.345 e. The molecule has 9 rings (SSSR count). The standard InChI is InChI=1S/3C16H20O3/c3*1-12-18-15(17)16(19-12,13-8-4-2-5-9-13)14-10-6-3-7-11-14/h3*2,4-5,8-9,12,14H,3,6-7,10-11H2,1H3/t12?,16-;2*12-,16-/m110/s1. The van der Waals surface area contributed by atoms with Crippen molar-refractivity contribution in [2.45, 2.75) is 153 Å². The molecule has 0 bridgehead atoms. The first kappa shape index (κ1) is 41.1. The van der Waals surface area contributed by atoms with E-state index in [9.17, 15) is 14.4 Å². The zero-order chi connectivity index (χ0) is 39.9. The van der Waals surface area contributed by atoms with Gasteiger partial charge in [0.25, 0.3) is 0 Å². The number of carbonyl (C=O) groups is 3. The summed E-state index contributed by atoms with van der Waals surface area (Å²) in [7, 11) is 0. The first-order chi connectivity index (χ1) is 27.7. The quantitative estimate of drug-likeness (QED) is 0.178. The molecule has 9 nitrogen and oxygen atoms in total. The van der Waals surface area contributed by atoms with Crippen molar-refractivity contribution in [3.63, 3.8) is 0 Å². The van der Waals surface area contributed by atoms with Crippen LogP contribution in [0.4, 0.5) is 0 Å². The summed E-state index contributed by atoms with van der Waals surface area (Å²) in [5.74, 6) is 0.0811. The monoisotopic (exact) mass is 780 g/mol. The van der Waals surface area contributed by atoms with Gasteiger partial charge < -0.3 is 28.4 Å². The second-order valence-corrected chi connectivity index (χ2v) is 16.6. The Labute approximate surface area is 338 Å². The van der Waals surface area contributed by atoms with Gasteiger partial charge in [0, 0.05) is 17.8 Å². The van der Waals surface area contributed by atoms with Crippen LogP contribution < -0.4 is 0 Å². The normalized spacial score (nSPS) is 32.3. The zero-order valence-electron chi connectivity index (χ0n) is 33.9. The third-order valence-electron chi connectivity index (χ3n) is 12.9. The molecule has 6 atom stereocenters. The van der Waals surface area contributed by atoms with Gasteiger partial charge in [-0.15, -0.1) is 0 Å². The third kappa shape index (κ3) is 8.30. The van der Waals surface area contributed by atoms with E-state index in [1.54, 1.807) is 20.8 Å². The minimum absolute atomic E-state index is 0.210. The second kappa shape index (κ2) is 18.3. The first-order valence-electron chi connectivity index (χ1n) is 21.5. The number of hydrogen-bond acceptors (Lipinski definition) is 9. The molecule has 6 fully saturated rings. The van der Waals surface area contributed by atoms with Gasteiger partial charge in [0.15, 0.2) is 16.8 Å². The van der Waals surface area contributed by atoms with E-state index < -0.39 is 35.7 Å². The molecule has 0 amide bonds. The summed E-state index contributed by atoms with van der Waals surface area (Å²) in [6.07, 6.45) is 15.7. The van der Waals surface area contributed by atoms with E-state index in [-0.39, 0.29) is 35.7 Å². The average molecular weight is 781 g/mol. The average Bonchev–Trinajstić information content (AvgIpc) is 3.87. The van der Waals surface area contributed by atoms with Crippen molar-refractivity contribution in [3.8, 4) is 0 Å². The first-order valence-corrected chi connectivity index (χ1v) is 21.5. The summed E-state index contributed by atoms with van der Waals surface area (Å²) in [6, 6.07) is 29.5. The summed E-state index contributed by atoms with van der Waals surface area (Å²) in [5, 5.41) is 0. The molecule has 57 heavy (non-hydrogen) atoms. The van der Waals surface area contributed by atoms with Crippen molar-refractivity contribution >= 4 is 17.9 Å². The predicted octanol–water partition coefficient (Wildman–Crippen LogP) is 10.1. The van der Waals surface area contributed by atoms with Crippen LogP contribution in [0.1, 0.15) is 134 Å². The maximum Gasteiger partial charge on any atom is 0.345 e. The third-order valence-corrected chi connectivity index (χ3v) is 12.9. The van der Waals surface area contributed by atoms with Crippen LogP contribution in [0.5, 0.6) is 0 Å². The molecule has 3 saturated carbocycles. The lowest BCUT2D eigenvalue weighted by Crippen LogP contribution is -2.42. The fourth-order valence-electron chi connectivity index (χ4n) is 10.4. The Balaban J connectivity index is 0.000000131. The number of hydrogen-bond donors (Lipinski definition) is 0. The van der Waals surface area contributed by atoms with Crippen LogP contribution in [-0.4, -0.2) is 36.8 Å². The molecule has 3 aliphatic heterocycles. The van der Waals surface area contributed by atoms with Crippen LogP contribution in [0.15, 0.2) is 91.0 Å². The lowest BCUT2D eigenvalue weighted by Gasteiger charge is -2.36. The van der Waals surface area contributed by atoms with E-state index >= 15 is 0 Å². The molecule has 3 aromatic carbocycles. The van der Waals surface area contributed by atoms with Gasteiger partial charge in [0.1, 0.15) is 0 Å². The van der Waals surface area contributed by atoms with Gasteiger partial charge in [0.05, 0.1) is 0 Å². The Bertz CT molecular complexity index is 1560. The Hall–Kier alpha value is -4.05. The molecule has 3 saturated heterocycles. The van der Waals surface area contributed by atoms with Gasteiger partial charge in [0.2, 0.25) is 18.9 Å². The van der Waals surface area contributed by atoms with Crippen LogP contribution >= 0.6 is 0 Å². The molecule has 1 unspecified atom stereocenters. The topological polar surface area (TPSA) is 107 Å². The fraction of sp³-hybridized carbons (Fsp3) is 0.562. The largest absolute Gasteiger partial charge is 0.434 e. The number of carbonyl (C=O) groups excluding carboxylic acids is 3. The molecule has 0 spiro atoms. The summed E-state index contributed by atoms with van der Waals surface area (Å²) in [6.45, 7) is 5.39. The number of ether oxygens (including phenoxy) is 6. The molecule has 0 aromatic heterocycles. The summed E-state index contributed by atoms with van der Waals surface area (Å²) >= 11 is 0. The lowest BCUT2D eigenvalue weighted by atomic mass is 9.73. The van der Waals surface area contributed by atoms with Gasteiger partial charge in [-0.2, -0.15) is 0 Å². The van der Waals surface area contributed by atoms with E-state index in [0.29, 0.717) is 0 Å². The van der Waals surface area contributed by atoms with E-state index in [2.05, 4.69) is 0 Å². The van der Waals surface area contributed by atoms with Crippen molar-refractivity contribution in [1.29, 1.82) is 0 Å². The highest BCUT2D eigenvalue weighted by molar-refractivity contribution is 5.84.